The predicted molar refractivity (Wildman–Crippen MR) is 274 cm³/mol. The minimum Gasteiger partial charge on any atom is -0.494 e. The quantitative estimate of drug-likeness (QED) is 0.0489. The number of imide groups is 1. The average molecular weight is 1040 g/mol. The number of hydrogen-bond donors (Lipinski definition) is 3. The van der Waals surface area contributed by atoms with E-state index in [1.807, 2.05) is 49.1 Å². The fourth-order valence-corrected chi connectivity index (χ4v) is 12.1. The van der Waals surface area contributed by atoms with Crippen molar-refractivity contribution in [2.24, 2.45) is 11.0 Å². The number of aryl methyl sites for hydroxylation is 1. The number of carbonyl (C=O) groups excluding carboxylic acids is 7. The number of likely N-dealkylation sites (tertiary alicyclic amines) is 1. The van der Waals surface area contributed by atoms with Crippen molar-refractivity contribution in [2.75, 3.05) is 56.9 Å². The topological polar surface area (TPSA) is 212 Å². The molecule has 4 heterocycles. The van der Waals surface area contributed by atoms with Gasteiger partial charge in [-0.25, -0.2) is 19.4 Å². The van der Waals surface area contributed by atoms with E-state index in [9.17, 15) is 33.6 Å². The van der Waals surface area contributed by atoms with Gasteiger partial charge in [0, 0.05) is 123 Å². The van der Waals surface area contributed by atoms with Crippen LogP contribution in [0.5, 0.6) is 5.75 Å². The minimum atomic E-state index is -0.665. The Labute approximate surface area is 432 Å². The number of hydroxylamine groups is 2. The van der Waals surface area contributed by atoms with Gasteiger partial charge in [-0.15, -0.1) is 5.06 Å². The highest BCUT2D eigenvalue weighted by atomic mass is 33.1. The molecule has 18 nitrogen and oxygen atoms in total. The Balaban J connectivity index is 0.666. The van der Waals surface area contributed by atoms with Crippen LogP contribution in [0.25, 0.3) is 0 Å². The Bertz CT molecular complexity index is 2540. The number of carbonyl (C=O) groups is 7. The maximum Gasteiger partial charge on any atom is 0.333 e. The third-order valence-corrected chi connectivity index (χ3v) is 17.0. The number of pyridine rings is 1. The van der Waals surface area contributed by atoms with Crippen LogP contribution in [0, 0.1) is 11.7 Å². The maximum atomic E-state index is 15.0. The Kier molecular flexibility index (Phi) is 18.1. The van der Waals surface area contributed by atoms with Crippen molar-refractivity contribution in [1.82, 2.24) is 35.5 Å². The normalized spacial score (nSPS) is 19.9. The number of piperidine rings is 1. The monoisotopic (exact) mass is 1040 g/mol. The summed E-state index contributed by atoms with van der Waals surface area (Å²) in [5.74, 6) is -1.18. The summed E-state index contributed by atoms with van der Waals surface area (Å²) in [7, 11) is 3.18. The van der Waals surface area contributed by atoms with Gasteiger partial charge < -0.3 is 30.0 Å². The first-order valence-electron chi connectivity index (χ1n) is 25.2. The van der Waals surface area contributed by atoms with E-state index in [-0.39, 0.29) is 74.4 Å². The van der Waals surface area contributed by atoms with Crippen molar-refractivity contribution in [3.8, 4) is 5.75 Å². The van der Waals surface area contributed by atoms with E-state index in [1.165, 1.54) is 6.07 Å². The second-order valence-electron chi connectivity index (χ2n) is 19.7. The Morgan fingerprint density at radius 1 is 0.904 bits per heavy atom. The molecule has 0 bridgehead atoms. The van der Waals surface area contributed by atoms with Gasteiger partial charge in [0.25, 0.3) is 11.8 Å². The van der Waals surface area contributed by atoms with Crippen LogP contribution < -0.4 is 20.8 Å². The Morgan fingerprint density at radius 3 is 2.42 bits per heavy atom. The number of hydrazone groups is 1. The van der Waals surface area contributed by atoms with Crippen molar-refractivity contribution in [1.29, 1.82) is 0 Å². The molecule has 2 atom stereocenters. The SMILES string of the molecule is CC(C)(CC(=O)N/N=C1\CCCc2cc(OCCCC(=O)ON3C(=O)CCC3=O)ccc21)SSCCC(=O)N1CCN(C2CCN(C(=O)NCc3ccc(NC(=O)[C@H]4C[C@@H]4c4cccnc4)cc3F)CC2)CC1. The van der Waals surface area contributed by atoms with Crippen LogP contribution in [-0.4, -0.2) is 134 Å². The number of urea groups is 1. The maximum absolute atomic E-state index is 15.0. The summed E-state index contributed by atoms with van der Waals surface area (Å²) in [6, 6.07) is 14.1. The zero-order valence-corrected chi connectivity index (χ0v) is 43.0. The van der Waals surface area contributed by atoms with Crippen molar-refractivity contribution < 1.29 is 47.5 Å². The molecular formula is C52H64FN9O9S2. The van der Waals surface area contributed by atoms with E-state index < -0.39 is 28.3 Å². The van der Waals surface area contributed by atoms with Gasteiger partial charge in [-0.2, -0.15) is 5.10 Å². The lowest BCUT2D eigenvalue weighted by atomic mass is 9.90. The van der Waals surface area contributed by atoms with Crippen molar-refractivity contribution in [3.05, 3.63) is 89.0 Å². The van der Waals surface area contributed by atoms with E-state index >= 15 is 4.39 Å². The number of fused-ring (bicyclic) bond motifs is 1. The van der Waals surface area contributed by atoms with Crippen LogP contribution in [0.1, 0.15) is 113 Å². The summed E-state index contributed by atoms with van der Waals surface area (Å²) in [6.45, 7) is 8.32. The molecular weight excluding hydrogens is 978 g/mol. The summed E-state index contributed by atoms with van der Waals surface area (Å²) in [4.78, 5) is 103. The third-order valence-electron chi connectivity index (χ3n) is 13.8. The fraction of sp³-hybridized carbons (Fsp3) is 0.519. The van der Waals surface area contributed by atoms with Crippen LogP contribution in [0.3, 0.4) is 0 Å². The lowest BCUT2D eigenvalue weighted by Gasteiger charge is -2.42. The molecule has 0 radical (unpaired) electrons. The second kappa shape index (κ2) is 24.8. The van der Waals surface area contributed by atoms with E-state index in [1.54, 1.807) is 51.0 Å². The lowest BCUT2D eigenvalue weighted by molar-refractivity contribution is -0.197. The Hall–Kier alpha value is -6.06. The molecule has 2 aromatic carbocycles. The summed E-state index contributed by atoms with van der Waals surface area (Å²) < 4.78 is 20.5. The number of nitrogens with zero attached hydrogens (tertiary/aromatic N) is 6. The number of benzene rings is 2. The van der Waals surface area contributed by atoms with E-state index in [4.69, 9.17) is 9.57 Å². The third kappa shape index (κ3) is 14.8. The van der Waals surface area contributed by atoms with Gasteiger partial charge >= 0.3 is 12.0 Å². The van der Waals surface area contributed by atoms with Crippen LogP contribution in [-0.2, 0) is 46.6 Å². The van der Waals surface area contributed by atoms with Gasteiger partial charge in [0.1, 0.15) is 11.6 Å². The fourth-order valence-electron chi connectivity index (χ4n) is 9.64. The first kappa shape index (κ1) is 53.2. The molecule has 3 aliphatic heterocycles. The number of piperazine rings is 1. The van der Waals surface area contributed by atoms with Gasteiger partial charge in [-0.3, -0.25) is 33.9 Å². The minimum absolute atomic E-state index is 0.00530. The van der Waals surface area contributed by atoms with Gasteiger partial charge in [0.2, 0.25) is 17.7 Å². The molecule has 0 spiro atoms. The van der Waals surface area contributed by atoms with Crippen molar-refractivity contribution >= 4 is 74.5 Å². The van der Waals surface area contributed by atoms with Crippen molar-refractivity contribution in [3.63, 3.8) is 0 Å². The molecule has 2 aliphatic carbocycles. The van der Waals surface area contributed by atoms with Crippen molar-refractivity contribution in [2.45, 2.75) is 114 Å². The standard InChI is InChI=1S/C52H64FN9O9S2/c1-52(2,31-45(63)58-57-44-8-3-6-34-28-39(12-13-40(34)44)70-26-5-9-49(67)71-62-47(65)14-15-48(62)66)73-72-27-18-46(64)60-24-22-59(23-25-60)38-16-20-61(21-17-38)51(69)55-33-36-10-11-37(29-43(36)53)56-50(68)42-30-41(42)35-7-4-19-54-32-35/h4,7,10-13,19,28-29,32,38,41-42H,3,5-6,8-9,14-18,20-27,30-31,33H2,1-2H3,(H,55,69)(H,56,68)(H,58,63)/b57-44+/t41-,42+/m1/s1. The highest BCUT2D eigenvalue weighted by Crippen LogP contribution is 2.47. The van der Waals surface area contributed by atoms with E-state index in [2.05, 4.69) is 31.0 Å². The Morgan fingerprint density at radius 2 is 1.68 bits per heavy atom. The van der Waals surface area contributed by atoms with Gasteiger partial charge in [-0.1, -0.05) is 33.7 Å². The van der Waals surface area contributed by atoms with Gasteiger partial charge in [0.15, 0.2) is 0 Å². The molecule has 3 N–H and O–H groups in total. The molecule has 73 heavy (non-hydrogen) atoms. The number of nitrogens with one attached hydrogen (secondary N) is 3. The zero-order chi connectivity index (χ0) is 51.5. The number of ether oxygens (including phenoxy) is 1. The molecule has 3 aromatic rings. The molecule has 8 rings (SSSR count). The molecule has 7 amide bonds. The number of hydrogen-bond acceptors (Lipinski definition) is 14. The second-order valence-corrected chi connectivity index (χ2v) is 22.8. The first-order valence-corrected chi connectivity index (χ1v) is 27.5. The molecule has 0 unspecified atom stereocenters. The average Bonchev–Trinajstić information content (AvgIpc) is 4.14. The molecule has 1 saturated carbocycles. The molecule has 21 heteroatoms. The van der Waals surface area contributed by atoms with E-state index in [0.29, 0.717) is 72.9 Å². The van der Waals surface area contributed by atoms with Crippen LogP contribution in [0.4, 0.5) is 14.9 Å². The highest BCUT2D eigenvalue weighted by Gasteiger charge is 2.44. The van der Waals surface area contributed by atoms with Gasteiger partial charge in [0.05, 0.1) is 18.7 Å². The largest absolute Gasteiger partial charge is 0.494 e. The number of halogens is 1. The van der Waals surface area contributed by atoms with Crippen LogP contribution in [0.15, 0.2) is 66.0 Å². The van der Waals surface area contributed by atoms with E-state index in [0.717, 1.165) is 74.0 Å². The number of aromatic nitrogens is 1. The van der Waals surface area contributed by atoms with Crippen LogP contribution in [0.2, 0.25) is 0 Å². The first-order chi connectivity index (χ1) is 35.2. The number of anilines is 1. The lowest BCUT2D eigenvalue weighted by Crippen LogP contribution is -2.55. The van der Waals surface area contributed by atoms with Crippen LogP contribution >= 0.6 is 21.6 Å². The predicted octanol–water partition coefficient (Wildman–Crippen LogP) is 6.34. The summed E-state index contributed by atoms with van der Waals surface area (Å²) in [5.41, 5.74) is 7.30. The smallest absolute Gasteiger partial charge is 0.333 e. The molecule has 5 aliphatic rings. The number of amides is 7. The number of rotatable bonds is 20. The molecule has 1 aromatic heterocycles. The zero-order valence-electron chi connectivity index (χ0n) is 41.4. The molecule has 4 fully saturated rings. The van der Waals surface area contributed by atoms with Gasteiger partial charge in [-0.05, 0) is 112 Å². The summed E-state index contributed by atoms with van der Waals surface area (Å²) in [6.07, 6.45) is 9.33. The summed E-state index contributed by atoms with van der Waals surface area (Å²) in [5, 5.41) is 10.7. The molecule has 390 valence electrons. The highest BCUT2D eigenvalue weighted by molar-refractivity contribution is 8.77. The molecule has 3 saturated heterocycles. The summed E-state index contributed by atoms with van der Waals surface area (Å²) >= 11 is 0.